The number of nitriles is 2. The Labute approximate surface area is 164 Å². The molecule has 7 heteroatoms. The third kappa shape index (κ3) is 2.65. The molecule has 2 unspecified atom stereocenters. The Balaban J connectivity index is 1.30. The number of likely N-dealkylation sites (tertiary alicyclic amines) is 1. The number of anilines is 1. The lowest BCUT2D eigenvalue weighted by molar-refractivity contribution is -0.135. The minimum atomic E-state index is -0.519. The van der Waals surface area contributed by atoms with Crippen LogP contribution in [-0.4, -0.2) is 46.0 Å². The zero-order valence-electron chi connectivity index (χ0n) is 15.7. The number of nitrogens with zero attached hydrogens (tertiary/aromatic N) is 5. The van der Waals surface area contributed by atoms with Gasteiger partial charge in [-0.25, -0.2) is 4.98 Å². The molecule has 1 saturated carbocycles. The van der Waals surface area contributed by atoms with Crippen LogP contribution in [0, 0.1) is 34.5 Å². The van der Waals surface area contributed by atoms with Crippen molar-refractivity contribution in [3.05, 3.63) is 23.9 Å². The summed E-state index contributed by atoms with van der Waals surface area (Å²) in [5.74, 6) is 1.55. The molecule has 1 aromatic heterocycles. The molecule has 7 nitrogen and oxygen atoms in total. The molecule has 4 aliphatic rings. The lowest BCUT2D eigenvalue weighted by Gasteiger charge is -2.42. The Morgan fingerprint density at radius 1 is 1.18 bits per heavy atom. The highest BCUT2D eigenvalue weighted by atomic mass is 16.2. The van der Waals surface area contributed by atoms with Crippen LogP contribution in [-0.2, 0) is 4.79 Å². The minimum absolute atomic E-state index is 0.0223. The van der Waals surface area contributed by atoms with Crippen LogP contribution in [0.25, 0.3) is 0 Å². The average molecular weight is 376 g/mol. The fourth-order valence-electron chi connectivity index (χ4n) is 5.75. The topological polar surface area (TPSA) is 110 Å². The highest BCUT2D eigenvalue weighted by Crippen LogP contribution is 2.48. The number of hydrogen-bond acceptors (Lipinski definition) is 6. The number of piperidine rings is 2. The van der Waals surface area contributed by atoms with Gasteiger partial charge in [-0.05, 0) is 62.5 Å². The molecule has 3 aliphatic heterocycles. The quantitative estimate of drug-likeness (QED) is 0.857. The summed E-state index contributed by atoms with van der Waals surface area (Å²) < 4.78 is 0. The molecular formula is C21H24N6O. The van der Waals surface area contributed by atoms with Crippen molar-refractivity contribution < 1.29 is 4.79 Å². The van der Waals surface area contributed by atoms with Gasteiger partial charge in [-0.3, -0.25) is 4.79 Å². The number of pyridine rings is 1. The van der Waals surface area contributed by atoms with E-state index in [4.69, 9.17) is 11.0 Å². The molecule has 0 spiro atoms. The second-order valence-corrected chi connectivity index (χ2v) is 8.76. The SMILES string of the molecule is N#Cc1ccc(N2C3CCC2CC([C@H](N)C(=O)N2[C@H](C#N)C[C@@H]4C[C@@H]42)C3)nc1. The van der Waals surface area contributed by atoms with E-state index in [0.717, 1.165) is 44.3 Å². The third-order valence-corrected chi connectivity index (χ3v) is 7.21. The van der Waals surface area contributed by atoms with Gasteiger partial charge in [-0.15, -0.1) is 0 Å². The first-order valence-electron chi connectivity index (χ1n) is 10.2. The van der Waals surface area contributed by atoms with Crippen molar-refractivity contribution in [2.45, 2.75) is 68.7 Å². The van der Waals surface area contributed by atoms with Crippen LogP contribution in [0.2, 0.25) is 0 Å². The van der Waals surface area contributed by atoms with Crippen molar-refractivity contribution in [2.75, 3.05) is 4.90 Å². The fraction of sp³-hybridized carbons (Fsp3) is 0.619. The molecule has 1 aromatic rings. The summed E-state index contributed by atoms with van der Waals surface area (Å²) in [6.45, 7) is 0. The summed E-state index contributed by atoms with van der Waals surface area (Å²) in [6, 6.07) is 8.25. The molecule has 1 amide bonds. The Kier molecular flexibility index (Phi) is 4.03. The number of amides is 1. The molecular weight excluding hydrogens is 352 g/mol. The maximum atomic E-state index is 13.1. The number of carbonyl (C=O) groups excluding carboxylic acids is 1. The number of nitrogens with two attached hydrogens (primary N) is 1. The molecule has 0 radical (unpaired) electrons. The number of hydrogen-bond donors (Lipinski definition) is 1. The molecule has 144 valence electrons. The maximum Gasteiger partial charge on any atom is 0.241 e. The van der Waals surface area contributed by atoms with Gasteiger partial charge >= 0.3 is 0 Å². The number of rotatable bonds is 3. The summed E-state index contributed by atoms with van der Waals surface area (Å²) in [5, 5.41) is 18.4. The van der Waals surface area contributed by atoms with Crippen molar-refractivity contribution in [3.63, 3.8) is 0 Å². The Hall–Kier alpha value is -2.64. The van der Waals surface area contributed by atoms with E-state index in [0.29, 0.717) is 23.6 Å². The van der Waals surface area contributed by atoms with Crippen molar-refractivity contribution in [3.8, 4) is 12.1 Å². The van der Waals surface area contributed by atoms with Crippen molar-refractivity contribution in [1.82, 2.24) is 9.88 Å². The Morgan fingerprint density at radius 3 is 2.54 bits per heavy atom. The predicted molar refractivity (Wildman–Crippen MR) is 102 cm³/mol. The third-order valence-electron chi connectivity index (χ3n) is 7.21. The van der Waals surface area contributed by atoms with Crippen LogP contribution in [0.5, 0.6) is 0 Å². The molecule has 2 N–H and O–H groups in total. The van der Waals surface area contributed by atoms with Crippen LogP contribution >= 0.6 is 0 Å². The fourth-order valence-corrected chi connectivity index (χ4v) is 5.75. The second kappa shape index (κ2) is 6.46. The van der Waals surface area contributed by atoms with Crippen LogP contribution in [0.4, 0.5) is 5.82 Å². The van der Waals surface area contributed by atoms with Gasteiger partial charge in [0.15, 0.2) is 0 Å². The van der Waals surface area contributed by atoms with Crippen LogP contribution in [0.15, 0.2) is 18.3 Å². The van der Waals surface area contributed by atoms with E-state index in [1.165, 1.54) is 0 Å². The van der Waals surface area contributed by atoms with Crippen LogP contribution in [0.1, 0.15) is 44.1 Å². The lowest BCUT2D eigenvalue weighted by atomic mass is 9.84. The van der Waals surface area contributed by atoms with Gasteiger partial charge < -0.3 is 15.5 Å². The largest absolute Gasteiger partial charge is 0.351 e. The molecule has 4 fully saturated rings. The zero-order chi connectivity index (χ0) is 19.4. The summed E-state index contributed by atoms with van der Waals surface area (Å²) in [5.41, 5.74) is 7.04. The van der Waals surface area contributed by atoms with Gasteiger partial charge in [0.1, 0.15) is 17.9 Å². The second-order valence-electron chi connectivity index (χ2n) is 8.76. The van der Waals surface area contributed by atoms with Crippen molar-refractivity contribution in [1.29, 1.82) is 10.5 Å². The standard InChI is InChI=1S/C21H24N6O/c22-9-12-1-4-19(25-11-12)26-15-2-3-16(26)7-14(6-15)20(24)21(28)27-17(10-23)5-13-8-18(13)27/h1,4,11,13-18,20H,2-3,5-8,24H2/t13-,14?,15?,16?,17+,18+,20+/m1/s1. The van der Waals surface area contributed by atoms with Crippen LogP contribution < -0.4 is 10.6 Å². The van der Waals surface area contributed by atoms with Gasteiger partial charge in [0.25, 0.3) is 0 Å². The van der Waals surface area contributed by atoms with Gasteiger partial charge in [-0.1, -0.05) is 0 Å². The van der Waals surface area contributed by atoms with Gasteiger partial charge in [-0.2, -0.15) is 10.5 Å². The zero-order valence-corrected chi connectivity index (χ0v) is 15.7. The maximum absolute atomic E-state index is 13.1. The first-order valence-corrected chi connectivity index (χ1v) is 10.2. The van der Waals surface area contributed by atoms with Gasteiger partial charge in [0.2, 0.25) is 5.91 Å². The molecule has 1 aliphatic carbocycles. The summed E-state index contributed by atoms with van der Waals surface area (Å²) in [4.78, 5) is 21.7. The minimum Gasteiger partial charge on any atom is -0.351 e. The first-order chi connectivity index (χ1) is 13.6. The van der Waals surface area contributed by atoms with E-state index >= 15 is 0 Å². The normalized spacial score (nSPS) is 36.4. The molecule has 6 atom stereocenters. The van der Waals surface area contributed by atoms with Crippen molar-refractivity contribution >= 4 is 11.7 Å². The molecule has 28 heavy (non-hydrogen) atoms. The lowest BCUT2D eigenvalue weighted by Crippen LogP contribution is -2.54. The Bertz CT molecular complexity index is 856. The number of fused-ring (bicyclic) bond motifs is 3. The number of carbonyl (C=O) groups is 1. The van der Waals surface area contributed by atoms with E-state index in [1.807, 2.05) is 12.1 Å². The van der Waals surface area contributed by atoms with E-state index in [1.54, 1.807) is 11.1 Å². The molecule has 5 rings (SSSR count). The van der Waals surface area contributed by atoms with E-state index in [-0.39, 0.29) is 23.9 Å². The highest BCUT2D eigenvalue weighted by Gasteiger charge is 2.55. The van der Waals surface area contributed by atoms with Gasteiger partial charge in [0, 0.05) is 24.3 Å². The average Bonchev–Trinajstić information content (AvgIpc) is 3.32. The smallest absolute Gasteiger partial charge is 0.241 e. The monoisotopic (exact) mass is 376 g/mol. The van der Waals surface area contributed by atoms with Gasteiger partial charge in [0.05, 0.1) is 17.7 Å². The molecule has 4 heterocycles. The highest BCUT2D eigenvalue weighted by molar-refractivity contribution is 5.84. The van der Waals surface area contributed by atoms with E-state index in [2.05, 4.69) is 22.0 Å². The Morgan fingerprint density at radius 2 is 1.93 bits per heavy atom. The summed E-state index contributed by atoms with van der Waals surface area (Å²) >= 11 is 0. The number of aromatic nitrogens is 1. The first kappa shape index (κ1) is 17.5. The summed E-state index contributed by atoms with van der Waals surface area (Å²) in [6.07, 6.45) is 7.39. The van der Waals surface area contributed by atoms with Crippen molar-refractivity contribution in [2.24, 2.45) is 17.6 Å². The van der Waals surface area contributed by atoms with E-state index < -0.39 is 6.04 Å². The van der Waals surface area contributed by atoms with Crippen LogP contribution in [0.3, 0.4) is 0 Å². The molecule has 2 bridgehead atoms. The van der Waals surface area contributed by atoms with E-state index in [9.17, 15) is 10.1 Å². The predicted octanol–water partition coefficient (Wildman–Crippen LogP) is 1.54. The molecule has 0 aromatic carbocycles. The molecule has 3 saturated heterocycles. The summed E-state index contributed by atoms with van der Waals surface area (Å²) in [7, 11) is 0.